The summed E-state index contributed by atoms with van der Waals surface area (Å²) in [5.74, 6) is 1.43. The predicted molar refractivity (Wildman–Crippen MR) is 120 cm³/mol. The van der Waals surface area contributed by atoms with Crippen molar-refractivity contribution in [3.8, 4) is 22.6 Å². The Morgan fingerprint density at radius 2 is 1.63 bits per heavy atom. The summed E-state index contributed by atoms with van der Waals surface area (Å²) in [5, 5.41) is 5.14. The average Bonchev–Trinajstić information content (AvgIpc) is 2.79. The zero-order chi connectivity index (χ0) is 21.3. The highest BCUT2D eigenvalue weighted by atomic mass is 16.5. The van der Waals surface area contributed by atoms with E-state index in [0.29, 0.717) is 0 Å². The number of nitrogens with two attached hydrogens (primary N) is 1. The zero-order valence-electron chi connectivity index (χ0n) is 17.7. The van der Waals surface area contributed by atoms with Crippen molar-refractivity contribution in [3.63, 3.8) is 0 Å². The van der Waals surface area contributed by atoms with E-state index >= 15 is 0 Å². The second kappa shape index (κ2) is 10.5. The number of amides is 1. The molecule has 30 heavy (non-hydrogen) atoms. The molecule has 3 aromatic carbocycles. The standard InChI is InChI=1S/C25H28N2O3/c1-18(26-16-15-19-13-14-23(29-2)24(17-19)30-3)25(28)27-22-12-8-7-11-21(22)20-9-5-4-6-10-20/h4-14,17-18,26H,15-16H2,1-3H3,(H,27,28)/p+1/t18-/m0/s1. The van der Waals surface area contributed by atoms with Gasteiger partial charge in [-0.3, -0.25) is 4.79 Å². The lowest BCUT2D eigenvalue weighted by Gasteiger charge is -2.15. The molecule has 0 aliphatic heterocycles. The number of hydrogen-bond donors (Lipinski definition) is 2. The summed E-state index contributed by atoms with van der Waals surface area (Å²) in [6, 6.07) is 23.7. The van der Waals surface area contributed by atoms with Gasteiger partial charge in [-0.1, -0.05) is 54.6 Å². The van der Waals surface area contributed by atoms with Crippen LogP contribution in [0.4, 0.5) is 5.69 Å². The van der Waals surface area contributed by atoms with Gasteiger partial charge in [-0.05, 0) is 36.2 Å². The number of hydrogen-bond acceptors (Lipinski definition) is 3. The molecule has 1 amide bonds. The minimum atomic E-state index is -0.200. The van der Waals surface area contributed by atoms with Crippen molar-refractivity contribution in [3.05, 3.63) is 78.4 Å². The van der Waals surface area contributed by atoms with Crippen LogP contribution < -0.4 is 20.1 Å². The van der Waals surface area contributed by atoms with Crippen molar-refractivity contribution >= 4 is 11.6 Å². The summed E-state index contributed by atoms with van der Waals surface area (Å²) in [6.07, 6.45) is 0.832. The first-order chi connectivity index (χ1) is 14.6. The summed E-state index contributed by atoms with van der Waals surface area (Å²) in [5.41, 5.74) is 4.07. The third-order valence-corrected chi connectivity index (χ3v) is 5.08. The molecule has 3 rings (SSSR count). The number of benzene rings is 3. The van der Waals surface area contributed by atoms with Crippen molar-refractivity contribution in [2.75, 3.05) is 26.1 Å². The molecule has 0 aromatic heterocycles. The molecule has 0 fully saturated rings. The number of quaternary nitrogens is 1. The Morgan fingerprint density at radius 3 is 2.37 bits per heavy atom. The Morgan fingerprint density at radius 1 is 0.933 bits per heavy atom. The monoisotopic (exact) mass is 405 g/mol. The van der Waals surface area contributed by atoms with Crippen LogP contribution in [0.2, 0.25) is 0 Å². The molecular formula is C25H29N2O3+. The van der Waals surface area contributed by atoms with E-state index in [1.165, 1.54) is 0 Å². The number of rotatable bonds is 9. The van der Waals surface area contributed by atoms with E-state index in [1.807, 2.05) is 79.7 Å². The smallest absolute Gasteiger partial charge is 0.282 e. The van der Waals surface area contributed by atoms with Crippen molar-refractivity contribution in [1.29, 1.82) is 0 Å². The topological polar surface area (TPSA) is 64.2 Å². The minimum Gasteiger partial charge on any atom is -0.493 e. The Bertz CT molecular complexity index is 973. The SMILES string of the molecule is COc1ccc(CC[NH2+][C@@H](C)C(=O)Nc2ccccc2-c2ccccc2)cc1OC. The fraction of sp³-hybridized carbons (Fsp3) is 0.240. The molecule has 0 heterocycles. The highest BCUT2D eigenvalue weighted by Gasteiger charge is 2.17. The van der Waals surface area contributed by atoms with Crippen LogP contribution in [0.1, 0.15) is 12.5 Å². The molecule has 0 saturated carbocycles. The molecule has 0 aliphatic rings. The van der Waals surface area contributed by atoms with Crippen LogP contribution in [0.25, 0.3) is 11.1 Å². The van der Waals surface area contributed by atoms with Gasteiger partial charge in [-0.2, -0.15) is 0 Å². The summed E-state index contributed by atoms with van der Waals surface area (Å²) < 4.78 is 10.6. The van der Waals surface area contributed by atoms with Crippen LogP contribution in [-0.4, -0.2) is 32.7 Å². The van der Waals surface area contributed by atoms with Gasteiger partial charge < -0.3 is 20.1 Å². The van der Waals surface area contributed by atoms with Crippen LogP contribution in [0.15, 0.2) is 72.8 Å². The summed E-state index contributed by atoms with van der Waals surface area (Å²) in [4.78, 5) is 12.7. The van der Waals surface area contributed by atoms with Gasteiger partial charge in [-0.25, -0.2) is 0 Å². The molecule has 0 bridgehead atoms. The quantitative estimate of drug-likeness (QED) is 0.573. The minimum absolute atomic E-state index is 0.00862. The van der Waals surface area contributed by atoms with E-state index in [9.17, 15) is 4.79 Å². The number of carbonyl (C=O) groups is 1. The molecule has 3 N–H and O–H groups in total. The molecule has 0 radical (unpaired) electrons. The first-order valence-corrected chi connectivity index (χ1v) is 10.1. The first kappa shape index (κ1) is 21.4. The van der Waals surface area contributed by atoms with Gasteiger partial charge in [0.05, 0.1) is 20.8 Å². The van der Waals surface area contributed by atoms with Gasteiger partial charge in [0, 0.05) is 17.7 Å². The Hall–Kier alpha value is -3.31. The van der Waals surface area contributed by atoms with Crippen LogP contribution in [0.3, 0.4) is 0 Å². The van der Waals surface area contributed by atoms with Crippen molar-refractivity contribution in [2.45, 2.75) is 19.4 Å². The number of methoxy groups -OCH3 is 2. The van der Waals surface area contributed by atoms with Gasteiger partial charge >= 0.3 is 0 Å². The maximum absolute atomic E-state index is 12.7. The number of nitrogens with one attached hydrogen (secondary N) is 1. The van der Waals surface area contributed by atoms with E-state index in [0.717, 1.165) is 46.8 Å². The number of anilines is 1. The molecule has 0 aliphatic carbocycles. The predicted octanol–water partition coefficient (Wildman–Crippen LogP) is 3.50. The van der Waals surface area contributed by atoms with Crippen LogP contribution >= 0.6 is 0 Å². The maximum atomic E-state index is 12.7. The van der Waals surface area contributed by atoms with Gasteiger partial charge in [0.2, 0.25) is 0 Å². The summed E-state index contributed by atoms with van der Waals surface area (Å²) in [6.45, 7) is 2.72. The van der Waals surface area contributed by atoms with Crippen molar-refractivity contribution < 1.29 is 19.6 Å². The highest BCUT2D eigenvalue weighted by molar-refractivity contribution is 5.97. The Balaban J connectivity index is 1.57. The number of ether oxygens (including phenoxy) is 2. The lowest BCUT2D eigenvalue weighted by atomic mass is 10.0. The lowest BCUT2D eigenvalue weighted by Crippen LogP contribution is -2.92. The second-order valence-electron chi connectivity index (χ2n) is 7.15. The maximum Gasteiger partial charge on any atom is 0.282 e. The highest BCUT2D eigenvalue weighted by Crippen LogP contribution is 2.28. The molecule has 5 nitrogen and oxygen atoms in total. The van der Waals surface area contributed by atoms with E-state index in [-0.39, 0.29) is 11.9 Å². The molecule has 0 saturated heterocycles. The number of para-hydroxylation sites is 1. The van der Waals surface area contributed by atoms with Gasteiger partial charge in [-0.15, -0.1) is 0 Å². The zero-order valence-corrected chi connectivity index (χ0v) is 17.7. The van der Waals surface area contributed by atoms with E-state index in [1.54, 1.807) is 14.2 Å². The number of carbonyl (C=O) groups excluding carboxylic acids is 1. The molecule has 1 atom stereocenters. The molecule has 156 valence electrons. The van der Waals surface area contributed by atoms with Crippen molar-refractivity contribution in [1.82, 2.24) is 0 Å². The normalized spacial score (nSPS) is 11.6. The van der Waals surface area contributed by atoms with Gasteiger partial charge in [0.1, 0.15) is 0 Å². The van der Waals surface area contributed by atoms with Crippen molar-refractivity contribution in [2.24, 2.45) is 0 Å². The third kappa shape index (κ3) is 5.39. The van der Waals surface area contributed by atoms with Gasteiger partial charge in [0.25, 0.3) is 5.91 Å². The lowest BCUT2D eigenvalue weighted by molar-refractivity contribution is -0.672. The van der Waals surface area contributed by atoms with Crippen LogP contribution in [0.5, 0.6) is 11.5 Å². The van der Waals surface area contributed by atoms with Crippen LogP contribution in [-0.2, 0) is 11.2 Å². The Labute approximate surface area is 178 Å². The fourth-order valence-corrected chi connectivity index (χ4v) is 3.35. The largest absolute Gasteiger partial charge is 0.493 e. The van der Waals surface area contributed by atoms with Gasteiger partial charge in [0.15, 0.2) is 17.5 Å². The van der Waals surface area contributed by atoms with E-state index in [2.05, 4.69) is 10.6 Å². The second-order valence-corrected chi connectivity index (χ2v) is 7.15. The molecule has 5 heteroatoms. The van der Waals surface area contributed by atoms with E-state index < -0.39 is 0 Å². The molecule has 0 spiro atoms. The molecular weight excluding hydrogens is 376 g/mol. The third-order valence-electron chi connectivity index (χ3n) is 5.08. The average molecular weight is 406 g/mol. The first-order valence-electron chi connectivity index (χ1n) is 10.1. The molecule has 0 unspecified atom stereocenters. The summed E-state index contributed by atoms with van der Waals surface area (Å²) in [7, 11) is 3.26. The fourth-order valence-electron chi connectivity index (χ4n) is 3.35. The molecule has 3 aromatic rings. The summed E-state index contributed by atoms with van der Waals surface area (Å²) >= 11 is 0. The van der Waals surface area contributed by atoms with E-state index in [4.69, 9.17) is 9.47 Å². The Kier molecular flexibility index (Phi) is 7.46. The van der Waals surface area contributed by atoms with Crippen LogP contribution in [0, 0.1) is 0 Å².